The maximum atomic E-state index is 12.7. The van der Waals surface area contributed by atoms with Gasteiger partial charge in [0.05, 0.1) is 0 Å². The number of amidine groups is 1. The van der Waals surface area contributed by atoms with E-state index < -0.39 is 0 Å². The van der Waals surface area contributed by atoms with E-state index in [9.17, 15) is 4.39 Å². The van der Waals surface area contributed by atoms with Gasteiger partial charge >= 0.3 is 0 Å². The van der Waals surface area contributed by atoms with Crippen LogP contribution >= 0.6 is 0 Å². The second-order valence-electron chi connectivity index (χ2n) is 2.68. The quantitative estimate of drug-likeness (QED) is 0.293. The van der Waals surface area contributed by atoms with Crippen LogP contribution in [0.3, 0.4) is 0 Å². The van der Waals surface area contributed by atoms with E-state index in [-0.39, 0.29) is 5.82 Å². The monoisotopic (exact) mass is 181 g/mol. The first-order chi connectivity index (χ1) is 6.19. The summed E-state index contributed by atoms with van der Waals surface area (Å²) in [5, 5.41) is 0. The Morgan fingerprint density at radius 1 is 1.54 bits per heavy atom. The molecule has 1 aromatic rings. The van der Waals surface area contributed by atoms with Crippen LogP contribution in [-0.2, 0) is 0 Å². The fourth-order valence-electron chi connectivity index (χ4n) is 1.16. The second kappa shape index (κ2) is 4.00. The summed E-state index contributed by atoms with van der Waals surface area (Å²) >= 11 is 0. The lowest BCUT2D eigenvalue weighted by atomic mass is 10.1. The van der Waals surface area contributed by atoms with Crippen molar-refractivity contribution in [3.63, 3.8) is 0 Å². The van der Waals surface area contributed by atoms with E-state index in [0.717, 1.165) is 11.1 Å². The van der Waals surface area contributed by atoms with E-state index in [1.807, 2.05) is 0 Å². The van der Waals surface area contributed by atoms with Crippen LogP contribution in [0.25, 0.3) is 0 Å². The molecular formula is C9H12FN3. The molecular weight excluding hydrogens is 169 g/mol. The van der Waals surface area contributed by atoms with Gasteiger partial charge in [0, 0.05) is 12.6 Å². The molecule has 1 aromatic carbocycles. The number of rotatable bonds is 1. The van der Waals surface area contributed by atoms with Gasteiger partial charge in [-0.05, 0) is 30.7 Å². The van der Waals surface area contributed by atoms with Crippen LogP contribution in [0.15, 0.2) is 23.2 Å². The van der Waals surface area contributed by atoms with Crippen molar-refractivity contribution < 1.29 is 4.39 Å². The fraction of sp³-hybridized carbons (Fsp3) is 0.222. The highest BCUT2D eigenvalue weighted by atomic mass is 19.1. The van der Waals surface area contributed by atoms with Crippen LogP contribution in [0.1, 0.15) is 11.1 Å². The van der Waals surface area contributed by atoms with Gasteiger partial charge in [0.1, 0.15) is 11.7 Å². The number of nitrogens with one attached hydrogen (secondary N) is 1. The molecule has 0 aliphatic heterocycles. The Hall–Kier alpha value is -1.42. The van der Waals surface area contributed by atoms with Crippen LogP contribution in [0, 0.1) is 12.7 Å². The molecule has 4 heteroatoms. The molecule has 0 aliphatic rings. The molecule has 0 aromatic heterocycles. The predicted molar refractivity (Wildman–Crippen MR) is 50.9 cm³/mol. The Labute approximate surface area is 76.4 Å². The standard InChI is InChI=1S/C9H12FN3/c1-6-5-7(10)3-4-8(6)9(12-2)13-11/h3-5H,11H2,1-2H3,(H,12,13). The first-order valence-corrected chi connectivity index (χ1v) is 3.89. The number of nitrogens with zero attached hydrogens (tertiary/aromatic N) is 1. The highest BCUT2D eigenvalue weighted by molar-refractivity contribution is 5.99. The van der Waals surface area contributed by atoms with Gasteiger partial charge in [-0.15, -0.1) is 0 Å². The molecule has 0 aliphatic carbocycles. The summed E-state index contributed by atoms with van der Waals surface area (Å²) in [4.78, 5) is 3.93. The van der Waals surface area contributed by atoms with E-state index in [2.05, 4.69) is 10.4 Å². The lowest BCUT2D eigenvalue weighted by Crippen LogP contribution is -2.31. The van der Waals surface area contributed by atoms with E-state index in [1.165, 1.54) is 12.1 Å². The average molecular weight is 181 g/mol. The van der Waals surface area contributed by atoms with Gasteiger partial charge in [-0.3, -0.25) is 4.99 Å². The molecule has 0 saturated carbocycles. The summed E-state index contributed by atoms with van der Waals surface area (Å²) in [7, 11) is 1.62. The number of halogens is 1. The molecule has 0 bridgehead atoms. The van der Waals surface area contributed by atoms with Crippen molar-refractivity contribution >= 4 is 5.84 Å². The van der Waals surface area contributed by atoms with E-state index in [0.29, 0.717) is 5.84 Å². The maximum absolute atomic E-state index is 12.7. The Morgan fingerprint density at radius 2 is 2.23 bits per heavy atom. The summed E-state index contributed by atoms with van der Waals surface area (Å²) < 4.78 is 12.7. The Balaban J connectivity index is 3.15. The number of aliphatic imine (C=N–C) groups is 1. The van der Waals surface area contributed by atoms with E-state index >= 15 is 0 Å². The minimum atomic E-state index is -0.256. The number of benzene rings is 1. The lowest BCUT2D eigenvalue weighted by Gasteiger charge is -2.07. The molecule has 0 unspecified atom stereocenters. The van der Waals surface area contributed by atoms with Crippen molar-refractivity contribution in [2.24, 2.45) is 10.8 Å². The van der Waals surface area contributed by atoms with Gasteiger partial charge in [0.25, 0.3) is 0 Å². The third kappa shape index (κ3) is 2.03. The molecule has 3 N–H and O–H groups in total. The smallest absolute Gasteiger partial charge is 0.142 e. The molecule has 0 fully saturated rings. The van der Waals surface area contributed by atoms with Crippen LogP contribution < -0.4 is 11.3 Å². The number of aryl methyl sites for hydroxylation is 1. The van der Waals surface area contributed by atoms with Crippen molar-refractivity contribution in [2.75, 3.05) is 7.05 Å². The number of hydrazine groups is 1. The molecule has 0 spiro atoms. The Bertz CT molecular complexity index is 334. The largest absolute Gasteiger partial charge is 0.308 e. The van der Waals surface area contributed by atoms with Crippen molar-refractivity contribution in [3.8, 4) is 0 Å². The molecule has 1 rings (SSSR count). The zero-order valence-electron chi connectivity index (χ0n) is 7.63. The third-order valence-corrected chi connectivity index (χ3v) is 1.80. The SMILES string of the molecule is CN=C(NN)c1ccc(F)cc1C. The van der Waals surface area contributed by atoms with Crippen molar-refractivity contribution in [1.82, 2.24) is 5.43 Å². The predicted octanol–water partition coefficient (Wildman–Crippen LogP) is 0.974. The fourth-order valence-corrected chi connectivity index (χ4v) is 1.16. The summed E-state index contributed by atoms with van der Waals surface area (Å²) in [5.74, 6) is 5.55. The topological polar surface area (TPSA) is 50.4 Å². The van der Waals surface area contributed by atoms with E-state index in [1.54, 1.807) is 20.0 Å². The van der Waals surface area contributed by atoms with Crippen LogP contribution in [0.2, 0.25) is 0 Å². The van der Waals surface area contributed by atoms with Gasteiger partial charge in [-0.1, -0.05) is 0 Å². The molecule has 13 heavy (non-hydrogen) atoms. The highest BCUT2D eigenvalue weighted by Crippen LogP contribution is 2.09. The average Bonchev–Trinajstić information content (AvgIpc) is 2.10. The van der Waals surface area contributed by atoms with Gasteiger partial charge < -0.3 is 5.43 Å². The van der Waals surface area contributed by atoms with E-state index in [4.69, 9.17) is 5.84 Å². The van der Waals surface area contributed by atoms with Crippen LogP contribution in [0.5, 0.6) is 0 Å². The highest BCUT2D eigenvalue weighted by Gasteiger charge is 2.04. The molecule has 3 nitrogen and oxygen atoms in total. The third-order valence-electron chi connectivity index (χ3n) is 1.80. The first-order valence-electron chi connectivity index (χ1n) is 3.89. The van der Waals surface area contributed by atoms with Gasteiger partial charge in [0.2, 0.25) is 0 Å². The van der Waals surface area contributed by atoms with Crippen molar-refractivity contribution in [2.45, 2.75) is 6.92 Å². The van der Waals surface area contributed by atoms with Gasteiger partial charge in [-0.25, -0.2) is 10.2 Å². The summed E-state index contributed by atoms with van der Waals surface area (Å²) in [6.45, 7) is 1.81. The summed E-state index contributed by atoms with van der Waals surface area (Å²) in [5.41, 5.74) is 4.07. The minimum Gasteiger partial charge on any atom is -0.308 e. The first kappa shape index (κ1) is 9.67. The maximum Gasteiger partial charge on any atom is 0.142 e. The van der Waals surface area contributed by atoms with Crippen LogP contribution in [0.4, 0.5) is 4.39 Å². The summed E-state index contributed by atoms with van der Waals surface area (Å²) in [6, 6.07) is 4.47. The number of hydrogen-bond acceptors (Lipinski definition) is 2. The second-order valence-corrected chi connectivity index (χ2v) is 2.68. The molecule has 0 heterocycles. The molecule has 70 valence electrons. The minimum absolute atomic E-state index is 0.256. The van der Waals surface area contributed by atoms with Gasteiger partial charge in [-0.2, -0.15) is 0 Å². The van der Waals surface area contributed by atoms with Crippen molar-refractivity contribution in [3.05, 3.63) is 35.1 Å². The molecule has 0 radical (unpaired) electrons. The van der Waals surface area contributed by atoms with Crippen LogP contribution in [-0.4, -0.2) is 12.9 Å². The normalized spacial score (nSPS) is 11.5. The Morgan fingerprint density at radius 3 is 2.69 bits per heavy atom. The Kier molecular flexibility index (Phi) is 2.97. The zero-order valence-corrected chi connectivity index (χ0v) is 7.63. The lowest BCUT2D eigenvalue weighted by molar-refractivity contribution is 0.626. The number of hydrogen-bond donors (Lipinski definition) is 2. The zero-order chi connectivity index (χ0) is 9.84. The van der Waals surface area contributed by atoms with Crippen molar-refractivity contribution in [1.29, 1.82) is 0 Å². The molecule has 0 atom stereocenters. The molecule has 0 amide bonds. The van der Waals surface area contributed by atoms with Gasteiger partial charge in [0.15, 0.2) is 0 Å². The number of nitrogens with two attached hydrogens (primary N) is 1. The summed E-state index contributed by atoms with van der Waals surface area (Å²) in [6.07, 6.45) is 0. The molecule has 0 saturated heterocycles.